The molecule has 3 N–H and O–H groups in total. The molecule has 15 heavy (non-hydrogen) atoms. The molecule has 0 spiro atoms. The SMILES string of the molecule is CC(NC(=O)C(N)C(C)C)c1ccco1. The van der Waals surface area contributed by atoms with Crippen LogP contribution in [0.15, 0.2) is 22.8 Å². The monoisotopic (exact) mass is 210 g/mol. The van der Waals surface area contributed by atoms with Crippen molar-refractivity contribution in [1.29, 1.82) is 0 Å². The van der Waals surface area contributed by atoms with Crippen molar-refractivity contribution in [2.24, 2.45) is 11.7 Å². The molecule has 1 aromatic heterocycles. The molecule has 1 rings (SSSR count). The first kappa shape index (κ1) is 11.8. The standard InChI is InChI=1S/C11H18N2O2/c1-7(2)10(12)11(14)13-8(3)9-5-4-6-15-9/h4-8,10H,12H2,1-3H3,(H,13,14). The lowest BCUT2D eigenvalue weighted by Crippen LogP contribution is -2.44. The van der Waals surface area contributed by atoms with Crippen molar-refractivity contribution in [3.8, 4) is 0 Å². The second-order valence-electron chi connectivity index (χ2n) is 4.02. The average molecular weight is 210 g/mol. The second-order valence-corrected chi connectivity index (χ2v) is 4.02. The maximum Gasteiger partial charge on any atom is 0.237 e. The van der Waals surface area contributed by atoms with Crippen LogP contribution in [0.25, 0.3) is 0 Å². The van der Waals surface area contributed by atoms with Gasteiger partial charge in [-0.15, -0.1) is 0 Å². The van der Waals surface area contributed by atoms with E-state index in [9.17, 15) is 4.79 Å². The summed E-state index contributed by atoms with van der Waals surface area (Å²) in [4.78, 5) is 11.6. The van der Waals surface area contributed by atoms with E-state index in [2.05, 4.69) is 5.32 Å². The van der Waals surface area contributed by atoms with Crippen LogP contribution < -0.4 is 11.1 Å². The zero-order valence-corrected chi connectivity index (χ0v) is 9.36. The van der Waals surface area contributed by atoms with Gasteiger partial charge < -0.3 is 15.5 Å². The molecule has 1 aromatic rings. The van der Waals surface area contributed by atoms with Crippen LogP contribution in [0.2, 0.25) is 0 Å². The van der Waals surface area contributed by atoms with E-state index in [1.54, 1.807) is 12.3 Å². The summed E-state index contributed by atoms with van der Waals surface area (Å²) in [6.45, 7) is 5.70. The number of nitrogens with one attached hydrogen (secondary N) is 1. The highest BCUT2D eigenvalue weighted by molar-refractivity contribution is 5.82. The maximum atomic E-state index is 11.6. The molecule has 84 valence electrons. The molecule has 0 aliphatic rings. The van der Waals surface area contributed by atoms with Crippen LogP contribution >= 0.6 is 0 Å². The smallest absolute Gasteiger partial charge is 0.237 e. The first-order chi connectivity index (χ1) is 7.02. The van der Waals surface area contributed by atoms with Crippen molar-refractivity contribution < 1.29 is 9.21 Å². The number of rotatable bonds is 4. The Morgan fingerprint density at radius 2 is 2.13 bits per heavy atom. The summed E-state index contributed by atoms with van der Waals surface area (Å²) in [6.07, 6.45) is 1.58. The van der Waals surface area contributed by atoms with Gasteiger partial charge in [-0.25, -0.2) is 0 Å². The quantitative estimate of drug-likeness (QED) is 0.790. The summed E-state index contributed by atoms with van der Waals surface area (Å²) in [6, 6.07) is 3.01. The Morgan fingerprint density at radius 3 is 2.60 bits per heavy atom. The molecule has 2 atom stereocenters. The average Bonchev–Trinajstić information content (AvgIpc) is 2.68. The van der Waals surface area contributed by atoms with Gasteiger partial charge in [-0.3, -0.25) is 4.79 Å². The molecule has 0 bridgehead atoms. The zero-order chi connectivity index (χ0) is 11.4. The van der Waals surface area contributed by atoms with Crippen LogP contribution in [0.5, 0.6) is 0 Å². The predicted octanol–water partition coefficient (Wildman–Crippen LogP) is 1.44. The summed E-state index contributed by atoms with van der Waals surface area (Å²) in [5.41, 5.74) is 5.72. The summed E-state index contributed by atoms with van der Waals surface area (Å²) in [7, 11) is 0. The molecule has 2 unspecified atom stereocenters. The summed E-state index contributed by atoms with van der Waals surface area (Å²) in [5.74, 6) is 0.724. The molecule has 0 saturated carbocycles. The molecule has 0 aliphatic carbocycles. The van der Waals surface area contributed by atoms with Crippen LogP contribution in [-0.4, -0.2) is 11.9 Å². The molecule has 4 nitrogen and oxygen atoms in total. The molecule has 4 heteroatoms. The number of carbonyl (C=O) groups excluding carboxylic acids is 1. The van der Waals surface area contributed by atoms with Crippen LogP contribution in [0.3, 0.4) is 0 Å². The van der Waals surface area contributed by atoms with Gasteiger partial charge in [0.05, 0.1) is 18.3 Å². The summed E-state index contributed by atoms with van der Waals surface area (Å²) >= 11 is 0. The van der Waals surface area contributed by atoms with Crippen molar-refractivity contribution in [3.05, 3.63) is 24.2 Å². The first-order valence-corrected chi connectivity index (χ1v) is 5.11. The fourth-order valence-electron chi connectivity index (χ4n) is 1.22. The molecule has 1 heterocycles. The lowest BCUT2D eigenvalue weighted by atomic mass is 10.0. The van der Waals surface area contributed by atoms with Crippen LogP contribution in [-0.2, 0) is 4.79 Å². The van der Waals surface area contributed by atoms with Gasteiger partial charge >= 0.3 is 0 Å². The minimum absolute atomic E-state index is 0.133. The van der Waals surface area contributed by atoms with Gasteiger partial charge in [0.25, 0.3) is 0 Å². The number of hydrogen-bond acceptors (Lipinski definition) is 3. The van der Waals surface area contributed by atoms with Gasteiger partial charge in [0.15, 0.2) is 0 Å². The minimum atomic E-state index is -0.470. The van der Waals surface area contributed by atoms with Crippen molar-refractivity contribution in [2.45, 2.75) is 32.9 Å². The lowest BCUT2D eigenvalue weighted by molar-refractivity contribution is -0.124. The zero-order valence-electron chi connectivity index (χ0n) is 9.36. The van der Waals surface area contributed by atoms with Gasteiger partial charge in [0.1, 0.15) is 5.76 Å². The summed E-state index contributed by atoms with van der Waals surface area (Å²) < 4.78 is 5.18. The van der Waals surface area contributed by atoms with E-state index in [0.717, 1.165) is 5.76 Å². The van der Waals surface area contributed by atoms with Crippen LogP contribution in [0.4, 0.5) is 0 Å². The van der Waals surface area contributed by atoms with E-state index in [0.29, 0.717) is 0 Å². The number of nitrogens with two attached hydrogens (primary N) is 1. The van der Waals surface area contributed by atoms with Crippen molar-refractivity contribution in [2.75, 3.05) is 0 Å². The molecule has 0 aliphatic heterocycles. The Labute approximate surface area is 89.8 Å². The Kier molecular flexibility index (Phi) is 3.91. The number of hydrogen-bond donors (Lipinski definition) is 2. The van der Waals surface area contributed by atoms with E-state index < -0.39 is 6.04 Å². The van der Waals surface area contributed by atoms with Gasteiger partial charge in [-0.05, 0) is 25.0 Å². The van der Waals surface area contributed by atoms with Gasteiger partial charge in [0, 0.05) is 0 Å². The molecular weight excluding hydrogens is 192 g/mol. The molecular formula is C11H18N2O2. The largest absolute Gasteiger partial charge is 0.467 e. The lowest BCUT2D eigenvalue weighted by Gasteiger charge is -2.18. The molecule has 0 radical (unpaired) electrons. The minimum Gasteiger partial charge on any atom is -0.467 e. The molecule has 0 fully saturated rings. The Balaban J connectivity index is 2.52. The highest BCUT2D eigenvalue weighted by Gasteiger charge is 2.20. The van der Waals surface area contributed by atoms with E-state index in [4.69, 9.17) is 10.2 Å². The third-order valence-corrected chi connectivity index (χ3v) is 2.35. The third kappa shape index (κ3) is 3.09. The molecule has 1 amide bonds. The van der Waals surface area contributed by atoms with Crippen molar-refractivity contribution in [3.63, 3.8) is 0 Å². The molecule has 0 aromatic carbocycles. The van der Waals surface area contributed by atoms with Gasteiger partial charge in [0.2, 0.25) is 5.91 Å². The maximum absolute atomic E-state index is 11.6. The normalized spacial score (nSPS) is 15.0. The van der Waals surface area contributed by atoms with Crippen molar-refractivity contribution in [1.82, 2.24) is 5.32 Å². The topological polar surface area (TPSA) is 68.3 Å². The predicted molar refractivity (Wildman–Crippen MR) is 58.1 cm³/mol. The van der Waals surface area contributed by atoms with Gasteiger partial charge in [-0.2, -0.15) is 0 Å². The summed E-state index contributed by atoms with van der Waals surface area (Å²) in [5, 5.41) is 2.81. The highest BCUT2D eigenvalue weighted by Crippen LogP contribution is 2.12. The Hall–Kier alpha value is -1.29. The van der Waals surface area contributed by atoms with Crippen LogP contribution in [0.1, 0.15) is 32.6 Å². The molecule has 0 saturated heterocycles. The highest BCUT2D eigenvalue weighted by atomic mass is 16.3. The van der Waals surface area contributed by atoms with E-state index in [1.165, 1.54) is 0 Å². The fraction of sp³-hybridized carbons (Fsp3) is 0.545. The number of carbonyl (C=O) groups is 1. The van der Waals surface area contributed by atoms with Crippen LogP contribution in [0, 0.1) is 5.92 Å². The number of amides is 1. The van der Waals surface area contributed by atoms with E-state index >= 15 is 0 Å². The first-order valence-electron chi connectivity index (χ1n) is 5.11. The van der Waals surface area contributed by atoms with E-state index in [1.807, 2.05) is 26.8 Å². The Bertz CT molecular complexity index is 306. The van der Waals surface area contributed by atoms with Crippen molar-refractivity contribution >= 4 is 5.91 Å². The van der Waals surface area contributed by atoms with Gasteiger partial charge in [-0.1, -0.05) is 13.8 Å². The number of furan rings is 1. The van der Waals surface area contributed by atoms with E-state index in [-0.39, 0.29) is 17.9 Å². The Morgan fingerprint density at radius 1 is 1.47 bits per heavy atom. The second kappa shape index (κ2) is 4.98. The third-order valence-electron chi connectivity index (χ3n) is 2.35. The fourth-order valence-corrected chi connectivity index (χ4v) is 1.22.